The molecule has 0 spiro atoms. The van der Waals surface area contributed by atoms with E-state index in [9.17, 15) is 9.90 Å². The van der Waals surface area contributed by atoms with Crippen LogP contribution in [0, 0.1) is 0 Å². The van der Waals surface area contributed by atoms with Gasteiger partial charge in [0, 0.05) is 28.7 Å². The molecule has 4 nitrogen and oxygen atoms in total. The number of carbonyl (C=O) groups excluding carboxylic acids is 1. The van der Waals surface area contributed by atoms with Gasteiger partial charge in [-0.2, -0.15) is 0 Å². The van der Waals surface area contributed by atoms with E-state index in [-0.39, 0.29) is 16.8 Å². The minimum atomic E-state index is -0.294. The van der Waals surface area contributed by atoms with Crippen molar-refractivity contribution < 1.29 is 14.6 Å². The van der Waals surface area contributed by atoms with Gasteiger partial charge in [-0.3, -0.25) is 9.79 Å². The molecule has 0 aromatic heterocycles. The normalized spacial score (nSPS) is 18.4. The molecule has 0 radical (unpaired) electrons. The highest BCUT2D eigenvalue weighted by Gasteiger charge is 2.32. The highest BCUT2D eigenvalue weighted by Crippen LogP contribution is 2.46. The summed E-state index contributed by atoms with van der Waals surface area (Å²) >= 11 is 1.80. The fraction of sp³-hybridized carbons (Fsp3) is 0.619. The quantitative estimate of drug-likeness (QED) is 0.528. The zero-order valence-corrected chi connectivity index (χ0v) is 17.4. The van der Waals surface area contributed by atoms with E-state index in [0.717, 1.165) is 35.4 Å². The predicted octanol–water partition coefficient (Wildman–Crippen LogP) is 5.14. The van der Waals surface area contributed by atoms with Crippen molar-refractivity contribution in [1.82, 2.24) is 0 Å². The molecule has 5 heteroatoms. The van der Waals surface area contributed by atoms with Crippen LogP contribution >= 0.6 is 11.8 Å². The zero-order valence-electron chi connectivity index (χ0n) is 16.6. The topological polar surface area (TPSA) is 58.9 Å². The number of phenolic OH excluding ortho intramolecular Hbond substituents is 1. The Hall–Kier alpha value is -1.49. The second-order valence-electron chi connectivity index (χ2n) is 7.69. The molecule has 1 atom stereocenters. The van der Waals surface area contributed by atoms with Gasteiger partial charge in [-0.05, 0) is 51.3 Å². The van der Waals surface area contributed by atoms with Crippen molar-refractivity contribution in [3.05, 3.63) is 23.3 Å². The van der Waals surface area contributed by atoms with Gasteiger partial charge in [0.1, 0.15) is 11.9 Å². The van der Waals surface area contributed by atoms with E-state index >= 15 is 0 Å². The van der Waals surface area contributed by atoms with Gasteiger partial charge in [-0.25, -0.2) is 0 Å². The number of fused-ring (bicyclic) bond motifs is 1. The number of carbonyl (C=O) groups is 1. The summed E-state index contributed by atoms with van der Waals surface area (Å²) in [5.74, 6) is 0.0214. The number of esters is 1. The number of hydrogen-bond acceptors (Lipinski definition) is 5. The number of aliphatic imine (C=N–C) groups is 1. The van der Waals surface area contributed by atoms with E-state index in [4.69, 9.17) is 9.73 Å². The number of hydrogen-bond donors (Lipinski definition) is 1. The predicted molar refractivity (Wildman–Crippen MR) is 109 cm³/mol. The summed E-state index contributed by atoms with van der Waals surface area (Å²) in [6, 6.07) is 4.10. The van der Waals surface area contributed by atoms with Gasteiger partial charge in [0.25, 0.3) is 0 Å². The van der Waals surface area contributed by atoms with E-state index in [0.29, 0.717) is 12.3 Å². The number of phenols is 1. The fourth-order valence-corrected chi connectivity index (χ4v) is 4.61. The van der Waals surface area contributed by atoms with Gasteiger partial charge >= 0.3 is 5.97 Å². The monoisotopic (exact) mass is 377 g/mol. The van der Waals surface area contributed by atoms with Crippen molar-refractivity contribution in [2.24, 2.45) is 4.99 Å². The lowest BCUT2D eigenvalue weighted by atomic mass is 9.95. The molecule has 2 rings (SSSR count). The van der Waals surface area contributed by atoms with Crippen molar-refractivity contribution in [3.8, 4) is 5.75 Å². The smallest absolute Gasteiger partial charge is 0.302 e. The maximum Gasteiger partial charge on any atom is 0.302 e. The standard InChI is InChI=1S/C21H31NO3S/c1-6-7-8-9-16-10-18(24)20-17(22-13-14(2)25-15(3)23)12-21(4,5)26-19(20)11-16/h10-11,14,24H,6-9,12-13H2,1-5H3/t14-/m0/s1. The van der Waals surface area contributed by atoms with Crippen molar-refractivity contribution >= 4 is 23.4 Å². The maximum atomic E-state index is 11.1. The third kappa shape index (κ3) is 5.76. The Morgan fingerprint density at radius 3 is 2.77 bits per heavy atom. The molecule has 1 N–H and O–H groups in total. The van der Waals surface area contributed by atoms with E-state index in [1.807, 2.05) is 13.0 Å². The highest BCUT2D eigenvalue weighted by molar-refractivity contribution is 8.00. The first kappa shape index (κ1) is 20.8. The average molecular weight is 378 g/mol. The van der Waals surface area contributed by atoms with Crippen LogP contribution in [0.1, 0.15) is 71.4 Å². The van der Waals surface area contributed by atoms with Crippen molar-refractivity contribution in [1.29, 1.82) is 0 Å². The molecule has 0 saturated heterocycles. The van der Waals surface area contributed by atoms with Crippen molar-refractivity contribution in [2.75, 3.05) is 6.54 Å². The summed E-state index contributed by atoms with van der Waals surface area (Å²) in [4.78, 5) is 16.9. The lowest BCUT2D eigenvalue weighted by molar-refractivity contribution is -0.144. The summed E-state index contributed by atoms with van der Waals surface area (Å²) in [7, 11) is 0. The minimum Gasteiger partial charge on any atom is -0.507 e. The first-order chi connectivity index (χ1) is 12.2. The molecule has 0 bridgehead atoms. The van der Waals surface area contributed by atoms with Crippen LogP contribution in [0.5, 0.6) is 5.75 Å². The molecular formula is C21H31NO3S. The van der Waals surface area contributed by atoms with Crippen LogP contribution in [0.15, 0.2) is 22.0 Å². The molecule has 0 unspecified atom stereocenters. The van der Waals surface area contributed by atoms with Crippen molar-refractivity contribution in [2.45, 2.75) is 82.5 Å². The van der Waals surface area contributed by atoms with Crippen LogP contribution in [0.3, 0.4) is 0 Å². The first-order valence-electron chi connectivity index (χ1n) is 9.47. The van der Waals surface area contributed by atoms with Crippen LogP contribution in [0.25, 0.3) is 0 Å². The van der Waals surface area contributed by atoms with Gasteiger partial charge < -0.3 is 9.84 Å². The molecule has 1 aliphatic rings. The number of aromatic hydroxyl groups is 1. The minimum absolute atomic E-state index is 0.0188. The number of aryl methyl sites for hydroxylation is 1. The molecule has 26 heavy (non-hydrogen) atoms. The summed E-state index contributed by atoms with van der Waals surface area (Å²) in [6.07, 6.45) is 5.04. The Kier molecular flexibility index (Phi) is 7.16. The van der Waals surface area contributed by atoms with Crippen LogP contribution in [-0.2, 0) is 16.0 Å². The van der Waals surface area contributed by atoms with Gasteiger partial charge in [-0.1, -0.05) is 19.8 Å². The fourth-order valence-electron chi connectivity index (χ4n) is 3.27. The number of rotatable bonds is 7. The Bertz CT molecular complexity index is 682. The molecular weight excluding hydrogens is 346 g/mol. The molecule has 144 valence electrons. The zero-order chi connectivity index (χ0) is 19.3. The van der Waals surface area contributed by atoms with Crippen LogP contribution in [-0.4, -0.2) is 34.2 Å². The number of nitrogens with zero attached hydrogens (tertiary/aromatic N) is 1. The molecule has 0 fully saturated rings. The lowest BCUT2D eigenvalue weighted by Crippen LogP contribution is -2.27. The van der Waals surface area contributed by atoms with Gasteiger partial charge in [-0.15, -0.1) is 11.8 Å². The lowest BCUT2D eigenvalue weighted by Gasteiger charge is -2.32. The summed E-state index contributed by atoms with van der Waals surface area (Å²) in [5, 5.41) is 10.7. The van der Waals surface area contributed by atoms with E-state index in [1.165, 1.54) is 25.3 Å². The molecule has 0 amide bonds. The Labute approximate surface area is 161 Å². The molecule has 0 aliphatic carbocycles. The third-order valence-corrected chi connectivity index (χ3v) is 5.62. The summed E-state index contributed by atoms with van der Waals surface area (Å²) < 4.78 is 5.19. The van der Waals surface area contributed by atoms with Crippen LogP contribution in [0.4, 0.5) is 0 Å². The van der Waals surface area contributed by atoms with Gasteiger partial charge in [0.2, 0.25) is 0 Å². The molecule has 1 aliphatic heterocycles. The SMILES string of the molecule is CCCCCc1cc(O)c2c(c1)SC(C)(C)CC2=NC[C@H](C)OC(C)=O. The molecule has 0 saturated carbocycles. The summed E-state index contributed by atoms with van der Waals surface area (Å²) in [5.41, 5.74) is 2.94. The Balaban J connectivity index is 2.29. The number of benzene rings is 1. The first-order valence-corrected chi connectivity index (χ1v) is 10.3. The molecule has 1 aromatic rings. The average Bonchev–Trinajstić information content (AvgIpc) is 2.50. The largest absolute Gasteiger partial charge is 0.507 e. The summed E-state index contributed by atoms with van der Waals surface area (Å²) in [6.45, 7) is 10.3. The van der Waals surface area contributed by atoms with Gasteiger partial charge in [0.15, 0.2) is 0 Å². The van der Waals surface area contributed by atoms with E-state index in [2.05, 4.69) is 26.8 Å². The molecule has 1 heterocycles. The van der Waals surface area contributed by atoms with Gasteiger partial charge in [0.05, 0.1) is 12.1 Å². The van der Waals surface area contributed by atoms with Crippen LogP contribution in [0.2, 0.25) is 0 Å². The maximum absolute atomic E-state index is 11.1. The second-order valence-corrected chi connectivity index (χ2v) is 9.44. The van der Waals surface area contributed by atoms with E-state index < -0.39 is 0 Å². The number of thioether (sulfide) groups is 1. The molecule has 1 aromatic carbocycles. The number of ether oxygens (including phenoxy) is 1. The van der Waals surface area contributed by atoms with Crippen molar-refractivity contribution in [3.63, 3.8) is 0 Å². The highest BCUT2D eigenvalue weighted by atomic mass is 32.2. The van der Waals surface area contributed by atoms with Crippen LogP contribution < -0.4 is 0 Å². The number of unbranched alkanes of at least 4 members (excludes halogenated alkanes) is 2. The van der Waals surface area contributed by atoms with E-state index in [1.54, 1.807) is 11.8 Å². The third-order valence-electron chi connectivity index (χ3n) is 4.38. The Morgan fingerprint density at radius 2 is 2.12 bits per heavy atom. The second kappa shape index (κ2) is 8.94. The Morgan fingerprint density at radius 1 is 1.38 bits per heavy atom.